The van der Waals surface area contributed by atoms with Gasteiger partial charge in [0.1, 0.15) is 4.64 Å². The lowest BCUT2D eigenvalue weighted by Gasteiger charge is -1.99. The second-order valence-electron chi connectivity index (χ2n) is 1.70. The van der Waals surface area contributed by atoms with E-state index in [2.05, 4.69) is 17.2 Å². The standard InChI is InChI=1S/C6H5NO2S.H3N.H2O/c8-6(9)4-2-1-3-7-5(4)10;;/h1-3H,(H,7,10)(H,8,9);1H3;1H2. The van der Waals surface area contributed by atoms with Crippen LogP contribution < -0.4 is 11.3 Å². The molecule has 6 heteroatoms. The highest BCUT2D eigenvalue weighted by atomic mass is 32.1. The lowest BCUT2D eigenvalue weighted by molar-refractivity contribution is -0.255. The van der Waals surface area contributed by atoms with Crippen LogP contribution in [-0.2, 0) is 0 Å². The first-order valence-electron chi connectivity index (χ1n) is 2.61. The number of hydrogen-bond donors (Lipinski definition) is 2. The predicted molar refractivity (Wildman–Crippen MR) is 45.6 cm³/mol. The van der Waals surface area contributed by atoms with Crippen molar-refractivity contribution in [3.63, 3.8) is 0 Å². The van der Waals surface area contributed by atoms with Crippen molar-refractivity contribution in [3.05, 3.63) is 28.5 Å². The maximum absolute atomic E-state index is 10.2. The second-order valence-corrected chi connectivity index (χ2v) is 2.11. The summed E-state index contributed by atoms with van der Waals surface area (Å²) in [4.78, 5) is 12.8. The number of rotatable bonds is 1. The van der Waals surface area contributed by atoms with Gasteiger partial charge in [0.15, 0.2) is 0 Å². The Balaban J connectivity index is 0. The fourth-order valence-corrected chi connectivity index (χ4v) is 0.802. The number of aromatic nitrogens is 1. The Bertz CT molecular complexity index is 310. The van der Waals surface area contributed by atoms with Crippen molar-refractivity contribution in [2.75, 3.05) is 0 Å². The predicted octanol–water partition coefficient (Wildman–Crippen LogP) is -0.341. The van der Waals surface area contributed by atoms with Crippen molar-refractivity contribution in [2.24, 2.45) is 0 Å². The normalized spacial score (nSPS) is 7.67. The molecule has 0 radical (unpaired) electrons. The molecule has 0 fully saturated rings. The monoisotopic (exact) mass is 190 g/mol. The molecule has 0 amide bonds. The Labute approximate surface area is 73.9 Å². The lowest BCUT2D eigenvalue weighted by atomic mass is 10.3. The van der Waals surface area contributed by atoms with Gasteiger partial charge in [-0.15, -0.1) is 0 Å². The van der Waals surface area contributed by atoms with Crippen molar-refractivity contribution < 1.29 is 15.4 Å². The summed E-state index contributed by atoms with van der Waals surface area (Å²) < 4.78 is 0.197. The lowest BCUT2D eigenvalue weighted by Crippen LogP contribution is -2.22. The smallest absolute Gasteiger partial charge is 0.112 e. The van der Waals surface area contributed by atoms with E-state index in [1.807, 2.05) is 0 Å². The Morgan fingerprint density at radius 1 is 1.58 bits per heavy atom. The van der Waals surface area contributed by atoms with Gasteiger partial charge >= 0.3 is 0 Å². The Hall–Kier alpha value is -1.24. The van der Waals surface area contributed by atoms with Crippen molar-refractivity contribution in [2.45, 2.75) is 0 Å². The second kappa shape index (κ2) is 5.42. The third kappa shape index (κ3) is 2.79. The maximum Gasteiger partial charge on any atom is 0.112 e. The number of aromatic carboxylic acids is 1. The first-order chi connectivity index (χ1) is 4.72. The number of aromatic amines is 1. The van der Waals surface area contributed by atoms with Gasteiger partial charge in [0.25, 0.3) is 0 Å². The largest absolute Gasteiger partial charge is 0.545 e. The number of carbonyl (C=O) groups excluding carboxylic acids is 1. The molecule has 0 aliphatic carbocycles. The average Bonchev–Trinajstić information content (AvgIpc) is 1.88. The summed E-state index contributed by atoms with van der Waals surface area (Å²) in [5, 5.41) is 10.2. The van der Waals surface area contributed by atoms with Gasteiger partial charge in [-0.1, -0.05) is 12.2 Å². The van der Waals surface area contributed by atoms with Crippen LogP contribution in [0.1, 0.15) is 10.4 Å². The highest BCUT2D eigenvalue weighted by Crippen LogP contribution is 1.96. The van der Waals surface area contributed by atoms with Gasteiger partial charge in [0, 0.05) is 11.8 Å². The summed E-state index contributed by atoms with van der Waals surface area (Å²) in [6, 6.07) is 2.95. The van der Waals surface area contributed by atoms with Crippen LogP contribution in [0.3, 0.4) is 0 Å². The zero-order valence-electron chi connectivity index (χ0n) is 6.46. The molecule has 0 aromatic carbocycles. The van der Waals surface area contributed by atoms with Crippen LogP contribution in [0.15, 0.2) is 18.3 Å². The van der Waals surface area contributed by atoms with Crippen LogP contribution in [0.2, 0.25) is 0 Å². The van der Waals surface area contributed by atoms with Gasteiger partial charge < -0.3 is 26.5 Å². The topological polar surface area (TPSA) is 124 Å². The van der Waals surface area contributed by atoms with Crippen LogP contribution in [0.5, 0.6) is 0 Å². The molecule has 5 nitrogen and oxygen atoms in total. The maximum atomic E-state index is 10.2. The van der Waals surface area contributed by atoms with E-state index in [0.717, 1.165) is 0 Å². The van der Waals surface area contributed by atoms with Gasteiger partial charge in [-0.25, -0.2) is 0 Å². The highest BCUT2D eigenvalue weighted by molar-refractivity contribution is 7.71. The fraction of sp³-hybridized carbons (Fsp3) is 0. The SMILES string of the molecule is O.O=C([O-])c1ccc[nH]c1=S.[NH4+]. The minimum Gasteiger partial charge on any atom is -0.545 e. The van der Waals surface area contributed by atoms with Crippen molar-refractivity contribution in [1.82, 2.24) is 11.1 Å². The molecule has 0 saturated heterocycles. The molecule has 1 aromatic rings. The molecule has 1 rings (SSSR count). The minimum atomic E-state index is -1.25. The molecule has 0 spiro atoms. The van der Waals surface area contributed by atoms with Gasteiger partial charge in [0.2, 0.25) is 0 Å². The molecule has 68 valence electrons. The zero-order chi connectivity index (χ0) is 7.56. The van der Waals surface area contributed by atoms with E-state index in [4.69, 9.17) is 0 Å². The molecule has 7 N–H and O–H groups in total. The van der Waals surface area contributed by atoms with E-state index >= 15 is 0 Å². The van der Waals surface area contributed by atoms with Crippen LogP contribution in [0.25, 0.3) is 0 Å². The van der Waals surface area contributed by atoms with Gasteiger partial charge in [0.05, 0.1) is 5.97 Å². The van der Waals surface area contributed by atoms with E-state index in [9.17, 15) is 9.90 Å². The quantitative estimate of drug-likeness (QED) is 0.588. The van der Waals surface area contributed by atoms with Gasteiger partial charge in [-0.05, 0) is 12.1 Å². The van der Waals surface area contributed by atoms with E-state index in [1.54, 1.807) is 12.3 Å². The number of carboxylic acid groups (broad SMARTS) is 1. The van der Waals surface area contributed by atoms with Crippen LogP contribution in [0.4, 0.5) is 0 Å². The highest BCUT2D eigenvalue weighted by Gasteiger charge is 1.92. The number of carbonyl (C=O) groups is 1. The molecule has 0 unspecified atom stereocenters. The molecule has 1 heterocycles. The summed E-state index contributed by atoms with van der Waals surface area (Å²) in [6.45, 7) is 0. The van der Waals surface area contributed by atoms with Crippen LogP contribution in [-0.4, -0.2) is 16.4 Å². The first kappa shape index (κ1) is 13.4. The molecule has 0 aliphatic heterocycles. The van der Waals surface area contributed by atoms with Crippen molar-refractivity contribution in [1.29, 1.82) is 0 Å². The molecule has 0 aliphatic rings. The summed E-state index contributed by atoms with van der Waals surface area (Å²) in [7, 11) is 0. The summed E-state index contributed by atoms with van der Waals surface area (Å²) in [5.41, 5.74) is 0.0255. The number of quaternary nitrogens is 1. The number of nitrogens with one attached hydrogen (secondary N) is 1. The summed E-state index contributed by atoms with van der Waals surface area (Å²) in [5.74, 6) is -1.25. The van der Waals surface area contributed by atoms with Crippen LogP contribution in [0, 0.1) is 4.64 Å². The molecular formula is C6H10N2O3S. The molecule has 1 aromatic heterocycles. The summed E-state index contributed by atoms with van der Waals surface area (Å²) in [6.07, 6.45) is 1.56. The van der Waals surface area contributed by atoms with Gasteiger partial charge in [-0.2, -0.15) is 0 Å². The minimum absolute atomic E-state index is 0. The molecular weight excluding hydrogens is 180 g/mol. The Morgan fingerprint density at radius 2 is 2.17 bits per heavy atom. The summed E-state index contributed by atoms with van der Waals surface area (Å²) >= 11 is 4.65. The Kier molecular flexibility index (Phi) is 6.03. The van der Waals surface area contributed by atoms with Crippen LogP contribution >= 0.6 is 12.2 Å². The van der Waals surface area contributed by atoms with Crippen molar-refractivity contribution >= 4 is 18.2 Å². The third-order valence-corrected chi connectivity index (χ3v) is 1.38. The first-order valence-corrected chi connectivity index (χ1v) is 3.01. The van der Waals surface area contributed by atoms with E-state index in [0.29, 0.717) is 0 Å². The molecule has 0 saturated carbocycles. The average molecular weight is 190 g/mol. The van der Waals surface area contributed by atoms with Gasteiger partial charge in [-0.3, -0.25) is 0 Å². The number of hydrogen-bond acceptors (Lipinski definition) is 3. The third-order valence-electron chi connectivity index (χ3n) is 1.04. The van der Waals surface area contributed by atoms with E-state index in [-0.39, 0.29) is 21.8 Å². The molecule has 0 atom stereocenters. The van der Waals surface area contributed by atoms with Crippen molar-refractivity contribution in [3.8, 4) is 0 Å². The molecule has 0 bridgehead atoms. The Morgan fingerprint density at radius 3 is 2.50 bits per heavy atom. The zero-order valence-corrected chi connectivity index (χ0v) is 7.27. The number of H-pyrrole nitrogens is 1. The molecule has 12 heavy (non-hydrogen) atoms. The number of carboxylic acids is 1. The van der Waals surface area contributed by atoms with E-state index in [1.165, 1.54) is 6.07 Å². The number of pyridine rings is 1. The fourth-order valence-electron chi connectivity index (χ4n) is 0.582. The van der Waals surface area contributed by atoms with E-state index < -0.39 is 5.97 Å².